The predicted molar refractivity (Wildman–Crippen MR) is 120 cm³/mol. The lowest BCUT2D eigenvalue weighted by molar-refractivity contribution is -0.196. The second kappa shape index (κ2) is 8.39. The summed E-state index contributed by atoms with van der Waals surface area (Å²) in [6, 6.07) is 7.96. The third kappa shape index (κ3) is 3.75. The zero-order valence-corrected chi connectivity index (χ0v) is 18.6. The number of rotatable bonds is 3. The van der Waals surface area contributed by atoms with Gasteiger partial charge in [-0.25, -0.2) is 23.7 Å². The van der Waals surface area contributed by atoms with Crippen molar-refractivity contribution in [3.63, 3.8) is 0 Å². The summed E-state index contributed by atoms with van der Waals surface area (Å²) in [5, 5.41) is 1.44. The molecule has 0 bridgehead atoms. The van der Waals surface area contributed by atoms with Gasteiger partial charge in [-0.05, 0) is 42.7 Å². The summed E-state index contributed by atoms with van der Waals surface area (Å²) >= 11 is 0. The highest BCUT2D eigenvalue weighted by molar-refractivity contribution is 5.84. The minimum atomic E-state index is -1.09. The van der Waals surface area contributed by atoms with E-state index in [0.29, 0.717) is 29.9 Å². The fraction of sp³-hybridized carbons (Fsp3) is 0.417. The predicted octanol–water partition coefficient (Wildman–Crippen LogP) is 3.60. The standard InChI is InChI=1S/C24H26F2N4O3/c1-28-12-17-19(25)7-6-16(22(17)26)14-5-8-20-18(10-14)24(29-23(27)30(2)33-24)11-21(32-20)15-4-3-9-31-13-15/h5-8,10,12,15,21H,3-4,9,11,13H2,1-2H3,(H2,27,29). The average molecular weight is 456 g/mol. The normalized spacial score (nSPS) is 27.0. The zero-order valence-electron chi connectivity index (χ0n) is 18.6. The van der Waals surface area contributed by atoms with Crippen LogP contribution < -0.4 is 10.5 Å². The maximum Gasteiger partial charge on any atom is 0.221 e. The van der Waals surface area contributed by atoms with E-state index in [0.717, 1.165) is 19.4 Å². The van der Waals surface area contributed by atoms with Crippen LogP contribution in [0.25, 0.3) is 11.1 Å². The molecule has 3 aliphatic heterocycles. The smallest absolute Gasteiger partial charge is 0.221 e. The summed E-state index contributed by atoms with van der Waals surface area (Å²) in [7, 11) is 3.16. The number of aliphatic imine (C=N–C) groups is 2. The molecule has 3 heterocycles. The van der Waals surface area contributed by atoms with Crippen molar-refractivity contribution in [2.24, 2.45) is 21.6 Å². The van der Waals surface area contributed by atoms with E-state index < -0.39 is 17.4 Å². The Bertz CT molecular complexity index is 1130. The number of benzene rings is 2. The lowest BCUT2D eigenvalue weighted by atomic mass is 9.84. The first-order chi connectivity index (χ1) is 15.9. The highest BCUT2D eigenvalue weighted by Gasteiger charge is 2.50. The number of nitrogens with zero attached hydrogens (tertiary/aromatic N) is 3. The Morgan fingerprint density at radius 1 is 1.27 bits per heavy atom. The minimum Gasteiger partial charge on any atom is -0.489 e. The molecule has 1 saturated heterocycles. The molecule has 2 aromatic rings. The van der Waals surface area contributed by atoms with E-state index in [1.54, 1.807) is 25.2 Å². The average Bonchev–Trinajstić information content (AvgIpc) is 3.10. The molecular weight excluding hydrogens is 430 g/mol. The van der Waals surface area contributed by atoms with E-state index in [1.165, 1.54) is 30.5 Å². The summed E-state index contributed by atoms with van der Waals surface area (Å²) in [5.41, 5.74) is 6.24. The van der Waals surface area contributed by atoms with Gasteiger partial charge in [0.15, 0.2) is 0 Å². The lowest BCUT2D eigenvalue weighted by Gasteiger charge is -2.41. The van der Waals surface area contributed by atoms with Gasteiger partial charge in [-0.2, -0.15) is 0 Å². The van der Waals surface area contributed by atoms with Crippen molar-refractivity contribution >= 4 is 12.2 Å². The van der Waals surface area contributed by atoms with Gasteiger partial charge in [0.05, 0.1) is 17.7 Å². The molecule has 1 spiro atoms. The van der Waals surface area contributed by atoms with Crippen LogP contribution in [0, 0.1) is 17.6 Å². The van der Waals surface area contributed by atoms with Crippen molar-refractivity contribution < 1.29 is 23.1 Å². The quantitative estimate of drug-likeness (QED) is 0.714. The van der Waals surface area contributed by atoms with Crippen LogP contribution in [0.1, 0.15) is 30.4 Å². The van der Waals surface area contributed by atoms with Crippen LogP contribution in [0.3, 0.4) is 0 Å². The van der Waals surface area contributed by atoms with Crippen molar-refractivity contribution in [3.8, 4) is 16.9 Å². The summed E-state index contributed by atoms with van der Waals surface area (Å²) < 4.78 is 41.3. The van der Waals surface area contributed by atoms with Crippen molar-refractivity contribution in [3.05, 3.63) is 53.1 Å². The van der Waals surface area contributed by atoms with Gasteiger partial charge in [-0.1, -0.05) is 6.07 Å². The molecule has 3 unspecified atom stereocenters. The zero-order chi connectivity index (χ0) is 23.2. The van der Waals surface area contributed by atoms with Gasteiger partial charge >= 0.3 is 0 Å². The largest absolute Gasteiger partial charge is 0.489 e. The first kappa shape index (κ1) is 21.8. The van der Waals surface area contributed by atoms with Crippen molar-refractivity contribution in [2.45, 2.75) is 31.1 Å². The van der Waals surface area contributed by atoms with Crippen LogP contribution in [-0.2, 0) is 15.3 Å². The minimum absolute atomic E-state index is 0.165. The molecule has 0 aliphatic carbocycles. The molecular formula is C24H26F2N4O3. The number of fused-ring (bicyclic) bond motifs is 2. The van der Waals surface area contributed by atoms with Gasteiger partial charge in [0.1, 0.15) is 23.5 Å². The molecule has 9 heteroatoms. The van der Waals surface area contributed by atoms with E-state index >= 15 is 4.39 Å². The van der Waals surface area contributed by atoms with Crippen molar-refractivity contribution in [1.29, 1.82) is 0 Å². The molecule has 0 saturated carbocycles. The molecule has 3 atom stereocenters. The van der Waals surface area contributed by atoms with Crippen molar-refractivity contribution in [1.82, 2.24) is 5.06 Å². The molecule has 33 heavy (non-hydrogen) atoms. The van der Waals surface area contributed by atoms with Gasteiger partial charge in [0.25, 0.3) is 0 Å². The van der Waals surface area contributed by atoms with Crippen LogP contribution in [0.4, 0.5) is 8.78 Å². The second-order valence-electron chi connectivity index (χ2n) is 8.60. The number of nitrogens with two attached hydrogens (primary N) is 1. The Morgan fingerprint density at radius 3 is 2.82 bits per heavy atom. The molecule has 7 nitrogen and oxygen atoms in total. The summed E-state index contributed by atoms with van der Waals surface area (Å²) in [4.78, 5) is 14.6. The Labute approximate surface area is 190 Å². The van der Waals surface area contributed by atoms with E-state index in [-0.39, 0.29) is 29.1 Å². The Balaban J connectivity index is 1.60. The number of guanidine groups is 1. The Kier molecular flexibility index (Phi) is 5.54. The maximum atomic E-state index is 15.2. The molecule has 0 amide bonds. The van der Waals surface area contributed by atoms with Crippen LogP contribution in [-0.4, -0.2) is 50.7 Å². The molecule has 0 aromatic heterocycles. The van der Waals surface area contributed by atoms with Gasteiger partial charge in [-0.3, -0.25) is 4.99 Å². The summed E-state index contributed by atoms with van der Waals surface area (Å²) in [6.45, 7) is 1.37. The van der Waals surface area contributed by atoms with Crippen LogP contribution in [0.2, 0.25) is 0 Å². The highest BCUT2D eigenvalue weighted by Crippen LogP contribution is 2.49. The fourth-order valence-corrected chi connectivity index (χ4v) is 4.80. The number of ether oxygens (including phenoxy) is 2. The molecule has 2 N–H and O–H groups in total. The molecule has 2 aromatic carbocycles. The third-order valence-corrected chi connectivity index (χ3v) is 6.48. The molecule has 3 aliphatic rings. The molecule has 0 radical (unpaired) electrons. The third-order valence-electron chi connectivity index (χ3n) is 6.48. The Hall–Kier alpha value is -3.04. The van der Waals surface area contributed by atoms with Crippen LogP contribution in [0.5, 0.6) is 5.75 Å². The van der Waals surface area contributed by atoms with Crippen molar-refractivity contribution in [2.75, 3.05) is 27.3 Å². The molecule has 5 rings (SSSR count). The number of hydroxylamine groups is 2. The van der Waals surface area contributed by atoms with E-state index in [4.69, 9.17) is 20.0 Å². The van der Waals surface area contributed by atoms with Gasteiger partial charge in [0.2, 0.25) is 11.7 Å². The van der Waals surface area contributed by atoms with Gasteiger partial charge in [0, 0.05) is 44.8 Å². The first-order valence-electron chi connectivity index (χ1n) is 11.0. The second-order valence-corrected chi connectivity index (χ2v) is 8.60. The number of hydrogen-bond acceptors (Lipinski definition) is 7. The van der Waals surface area contributed by atoms with Crippen LogP contribution >= 0.6 is 0 Å². The monoisotopic (exact) mass is 456 g/mol. The van der Waals surface area contributed by atoms with Gasteiger partial charge in [-0.15, -0.1) is 0 Å². The number of halogens is 2. The SMILES string of the molecule is CN=Cc1c(F)ccc(-c2ccc3c(c2)C2(CC(C4CCCOC4)O3)N=C(N)N(C)O2)c1F. The molecule has 1 fully saturated rings. The van der Waals surface area contributed by atoms with E-state index in [2.05, 4.69) is 9.98 Å². The highest BCUT2D eigenvalue weighted by atomic mass is 19.1. The topological polar surface area (TPSA) is 81.7 Å². The summed E-state index contributed by atoms with van der Waals surface area (Å²) in [6.07, 6.45) is 3.42. The fourth-order valence-electron chi connectivity index (χ4n) is 4.80. The maximum absolute atomic E-state index is 15.2. The molecule has 174 valence electrons. The summed E-state index contributed by atoms with van der Waals surface area (Å²) in [5.74, 6) is -0.294. The van der Waals surface area contributed by atoms with Gasteiger partial charge < -0.3 is 15.2 Å². The van der Waals surface area contributed by atoms with E-state index in [1.807, 2.05) is 0 Å². The van der Waals surface area contributed by atoms with Crippen LogP contribution in [0.15, 0.2) is 40.3 Å². The first-order valence-corrected chi connectivity index (χ1v) is 11.0. The Morgan fingerprint density at radius 2 is 2.12 bits per heavy atom. The number of hydrogen-bond donors (Lipinski definition) is 1. The lowest BCUT2D eigenvalue weighted by Crippen LogP contribution is -2.44. The van der Waals surface area contributed by atoms with E-state index in [9.17, 15) is 4.39 Å².